The molecule has 4 nitrogen and oxygen atoms in total. The molecule has 1 heterocycles. The third-order valence-corrected chi connectivity index (χ3v) is 3.61. The molecule has 0 bridgehead atoms. The molecule has 122 valence electrons. The highest BCUT2D eigenvalue weighted by molar-refractivity contribution is 5.12. The summed E-state index contributed by atoms with van der Waals surface area (Å²) >= 11 is 0. The average molecular weight is 295 g/mol. The lowest BCUT2D eigenvalue weighted by molar-refractivity contribution is 0.163. The van der Waals surface area contributed by atoms with Gasteiger partial charge in [-0.1, -0.05) is 20.8 Å². The van der Waals surface area contributed by atoms with Crippen molar-refractivity contribution in [2.24, 2.45) is 5.92 Å². The molecule has 0 fully saturated rings. The van der Waals surface area contributed by atoms with Crippen molar-refractivity contribution in [2.45, 2.75) is 46.8 Å². The third-order valence-electron chi connectivity index (χ3n) is 3.61. The van der Waals surface area contributed by atoms with Crippen LogP contribution in [0.5, 0.6) is 0 Å². The van der Waals surface area contributed by atoms with Crippen LogP contribution in [-0.4, -0.2) is 49.6 Å². The zero-order chi connectivity index (χ0) is 15.8. The van der Waals surface area contributed by atoms with E-state index >= 15 is 0 Å². The Labute approximate surface area is 130 Å². The van der Waals surface area contributed by atoms with Gasteiger partial charge in [0.2, 0.25) is 0 Å². The van der Waals surface area contributed by atoms with Crippen molar-refractivity contribution >= 4 is 0 Å². The number of nitrogens with one attached hydrogen (secondary N) is 1. The Hall–Kier alpha value is -0.840. The molecule has 0 radical (unpaired) electrons. The molecule has 0 aliphatic heterocycles. The second-order valence-corrected chi connectivity index (χ2v) is 6.62. The Kier molecular flexibility index (Phi) is 8.01. The quantitative estimate of drug-likeness (QED) is 0.719. The Morgan fingerprint density at radius 1 is 1.24 bits per heavy atom. The third kappa shape index (κ3) is 7.11. The Bertz CT molecular complexity index is 387. The van der Waals surface area contributed by atoms with Crippen LogP contribution in [0.4, 0.5) is 0 Å². The minimum Gasteiger partial charge on any atom is -0.468 e. The first-order valence-electron chi connectivity index (χ1n) is 8.08. The van der Waals surface area contributed by atoms with Crippen LogP contribution in [0.1, 0.15) is 39.0 Å². The summed E-state index contributed by atoms with van der Waals surface area (Å²) in [6.07, 6.45) is 1.88. The maximum atomic E-state index is 5.71. The van der Waals surface area contributed by atoms with Gasteiger partial charge < -0.3 is 14.6 Å². The molecule has 0 amide bonds. The molecule has 0 aromatic carbocycles. The largest absolute Gasteiger partial charge is 0.468 e. The lowest BCUT2D eigenvalue weighted by Crippen LogP contribution is -2.39. The van der Waals surface area contributed by atoms with E-state index in [9.17, 15) is 0 Å². The number of rotatable bonds is 10. The van der Waals surface area contributed by atoms with Crippen molar-refractivity contribution in [1.82, 2.24) is 15.1 Å². The van der Waals surface area contributed by atoms with E-state index in [0.29, 0.717) is 12.0 Å². The van der Waals surface area contributed by atoms with Gasteiger partial charge in [-0.2, -0.15) is 0 Å². The van der Waals surface area contributed by atoms with E-state index in [1.54, 1.807) is 0 Å². The predicted octanol–water partition coefficient (Wildman–Crippen LogP) is 2.80. The fourth-order valence-electron chi connectivity index (χ4n) is 2.53. The van der Waals surface area contributed by atoms with Crippen molar-refractivity contribution in [3.05, 3.63) is 23.7 Å². The van der Waals surface area contributed by atoms with E-state index in [-0.39, 0.29) is 0 Å². The SMILES string of the molecule is CCN(Cc1cc(CNCC(C)C)co1)C(C)CN(C)C. The molecule has 21 heavy (non-hydrogen) atoms. The van der Waals surface area contributed by atoms with E-state index in [0.717, 1.165) is 38.5 Å². The minimum absolute atomic E-state index is 0.526. The van der Waals surface area contributed by atoms with Gasteiger partial charge in [-0.15, -0.1) is 0 Å². The molecule has 0 aliphatic rings. The fraction of sp³-hybridized carbons (Fsp3) is 0.765. The zero-order valence-electron chi connectivity index (χ0n) is 14.6. The van der Waals surface area contributed by atoms with E-state index in [1.807, 2.05) is 6.26 Å². The molecule has 1 aromatic heterocycles. The first kappa shape index (κ1) is 18.2. The van der Waals surface area contributed by atoms with Gasteiger partial charge in [-0.3, -0.25) is 4.90 Å². The summed E-state index contributed by atoms with van der Waals surface area (Å²) in [7, 11) is 4.24. The fourth-order valence-corrected chi connectivity index (χ4v) is 2.53. The molecule has 1 aromatic rings. The lowest BCUT2D eigenvalue weighted by atomic mass is 10.2. The molecule has 0 spiro atoms. The average Bonchev–Trinajstić information content (AvgIpc) is 2.82. The Morgan fingerprint density at radius 2 is 1.95 bits per heavy atom. The van der Waals surface area contributed by atoms with E-state index in [4.69, 9.17) is 4.42 Å². The molecule has 1 atom stereocenters. The number of hydrogen-bond donors (Lipinski definition) is 1. The van der Waals surface area contributed by atoms with Gasteiger partial charge in [0.1, 0.15) is 5.76 Å². The maximum absolute atomic E-state index is 5.71. The number of furan rings is 1. The predicted molar refractivity (Wildman–Crippen MR) is 89.4 cm³/mol. The van der Waals surface area contributed by atoms with Gasteiger partial charge in [0.15, 0.2) is 0 Å². The summed E-state index contributed by atoms with van der Waals surface area (Å²) in [5.41, 5.74) is 1.24. The topological polar surface area (TPSA) is 31.6 Å². The highest BCUT2D eigenvalue weighted by atomic mass is 16.3. The van der Waals surface area contributed by atoms with Crippen molar-refractivity contribution in [1.29, 1.82) is 0 Å². The number of hydrogen-bond acceptors (Lipinski definition) is 4. The van der Waals surface area contributed by atoms with Crippen LogP contribution in [0.3, 0.4) is 0 Å². The monoisotopic (exact) mass is 295 g/mol. The summed E-state index contributed by atoms with van der Waals surface area (Å²) in [6, 6.07) is 2.70. The molecular formula is C17H33N3O. The normalized spacial score (nSPS) is 13.6. The molecule has 1 rings (SSSR count). The summed E-state index contributed by atoms with van der Waals surface area (Å²) in [5.74, 6) is 1.74. The van der Waals surface area contributed by atoms with Crippen LogP contribution < -0.4 is 5.32 Å². The Balaban J connectivity index is 2.47. The Morgan fingerprint density at radius 3 is 2.52 bits per heavy atom. The molecule has 1 N–H and O–H groups in total. The first-order valence-corrected chi connectivity index (χ1v) is 8.08. The van der Waals surface area contributed by atoms with Crippen molar-refractivity contribution in [3.63, 3.8) is 0 Å². The summed E-state index contributed by atoms with van der Waals surface area (Å²) < 4.78 is 5.71. The van der Waals surface area contributed by atoms with Crippen LogP contribution in [0.15, 0.2) is 16.7 Å². The van der Waals surface area contributed by atoms with Crippen LogP contribution in [-0.2, 0) is 13.1 Å². The summed E-state index contributed by atoms with van der Waals surface area (Å²) in [5, 5.41) is 3.45. The molecule has 1 unspecified atom stereocenters. The standard InChI is InChI=1S/C17H33N3O/c1-7-20(15(4)11-19(5)6)12-17-8-16(13-21-17)10-18-9-14(2)3/h8,13-15,18H,7,9-12H2,1-6H3. The van der Waals surface area contributed by atoms with Crippen LogP contribution in [0.25, 0.3) is 0 Å². The van der Waals surface area contributed by atoms with E-state index < -0.39 is 0 Å². The molecular weight excluding hydrogens is 262 g/mol. The second kappa shape index (κ2) is 9.23. The van der Waals surface area contributed by atoms with Crippen molar-refractivity contribution < 1.29 is 4.42 Å². The number of nitrogens with zero attached hydrogens (tertiary/aromatic N) is 2. The van der Waals surface area contributed by atoms with Gasteiger partial charge in [0.25, 0.3) is 0 Å². The van der Waals surface area contributed by atoms with Gasteiger partial charge in [-0.25, -0.2) is 0 Å². The van der Waals surface area contributed by atoms with E-state index in [1.165, 1.54) is 5.56 Å². The van der Waals surface area contributed by atoms with Crippen LogP contribution in [0, 0.1) is 5.92 Å². The second-order valence-electron chi connectivity index (χ2n) is 6.62. The van der Waals surface area contributed by atoms with Crippen LogP contribution in [0.2, 0.25) is 0 Å². The zero-order valence-corrected chi connectivity index (χ0v) is 14.6. The van der Waals surface area contributed by atoms with Crippen LogP contribution >= 0.6 is 0 Å². The molecule has 0 saturated carbocycles. The first-order chi connectivity index (χ1) is 9.92. The summed E-state index contributed by atoms with van der Waals surface area (Å²) in [6.45, 7) is 13.8. The highest BCUT2D eigenvalue weighted by Gasteiger charge is 2.15. The summed E-state index contributed by atoms with van der Waals surface area (Å²) in [4.78, 5) is 4.68. The van der Waals surface area contributed by atoms with Crippen molar-refractivity contribution in [3.8, 4) is 0 Å². The van der Waals surface area contributed by atoms with E-state index in [2.05, 4.69) is 63.0 Å². The smallest absolute Gasteiger partial charge is 0.118 e. The molecule has 0 saturated heterocycles. The van der Waals surface area contributed by atoms with Gasteiger partial charge in [0.05, 0.1) is 12.8 Å². The van der Waals surface area contributed by atoms with Gasteiger partial charge in [-0.05, 0) is 46.1 Å². The minimum atomic E-state index is 0.526. The molecule has 4 heteroatoms. The number of likely N-dealkylation sites (N-methyl/N-ethyl adjacent to an activating group) is 2. The maximum Gasteiger partial charge on any atom is 0.118 e. The van der Waals surface area contributed by atoms with Gasteiger partial charge in [0, 0.05) is 24.7 Å². The molecule has 0 aliphatic carbocycles. The van der Waals surface area contributed by atoms with Crippen molar-refractivity contribution in [2.75, 3.05) is 33.7 Å². The highest BCUT2D eigenvalue weighted by Crippen LogP contribution is 2.13. The lowest BCUT2D eigenvalue weighted by Gasteiger charge is -2.29. The van der Waals surface area contributed by atoms with Gasteiger partial charge >= 0.3 is 0 Å².